The van der Waals surface area contributed by atoms with E-state index in [-0.39, 0.29) is 24.2 Å². The molecule has 0 saturated carbocycles. The largest absolute Gasteiger partial charge is 0.496 e. The van der Waals surface area contributed by atoms with Crippen LogP contribution in [0.1, 0.15) is 5.56 Å². The average Bonchev–Trinajstić information content (AvgIpc) is 3.10. The van der Waals surface area contributed by atoms with E-state index < -0.39 is 4.92 Å². The summed E-state index contributed by atoms with van der Waals surface area (Å²) in [5.74, 6) is 1.19. The number of nitro benzene ring substituents is 1. The Bertz CT molecular complexity index is 1050. The maximum Gasteiger partial charge on any atom is 0.295 e. The quantitative estimate of drug-likeness (QED) is 0.535. The molecule has 9 nitrogen and oxygen atoms in total. The van der Waals surface area contributed by atoms with E-state index in [0.717, 1.165) is 11.3 Å². The summed E-state index contributed by atoms with van der Waals surface area (Å²) in [5, 5.41) is 14.2. The minimum absolute atomic E-state index is 0.0728. The number of aromatic nitrogens is 2. The molecule has 3 aromatic rings. The normalized spacial score (nSPS) is 15.5. The van der Waals surface area contributed by atoms with Gasteiger partial charge in [-0.25, -0.2) is 4.98 Å². The molecule has 9 heteroatoms. The summed E-state index contributed by atoms with van der Waals surface area (Å²) in [6.45, 7) is 0.271. The highest BCUT2D eigenvalue weighted by atomic mass is 16.6. The summed E-state index contributed by atoms with van der Waals surface area (Å²) in [5.41, 5.74) is 1.63. The number of carbonyl (C=O) groups is 1. The van der Waals surface area contributed by atoms with Crippen LogP contribution in [0.2, 0.25) is 0 Å². The fourth-order valence-corrected chi connectivity index (χ4v) is 3.46. The van der Waals surface area contributed by atoms with Gasteiger partial charge in [0.05, 0.1) is 29.9 Å². The molecule has 1 atom stereocenters. The molecule has 4 rings (SSSR count). The number of amides is 1. The monoisotopic (exact) mass is 382 g/mol. The van der Waals surface area contributed by atoms with Gasteiger partial charge in [-0.05, 0) is 18.2 Å². The molecule has 0 aliphatic carbocycles. The van der Waals surface area contributed by atoms with Gasteiger partial charge >= 0.3 is 0 Å². The van der Waals surface area contributed by atoms with Crippen LogP contribution >= 0.6 is 0 Å². The smallest absolute Gasteiger partial charge is 0.295 e. The number of carbonyl (C=O) groups excluding carboxylic acids is 1. The lowest BCUT2D eigenvalue weighted by molar-refractivity contribution is -0.383. The van der Waals surface area contributed by atoms with Crippen molar-refractivity contribution >= 4 is 22.6 Å². The van der Waals surface area contributed by atoms with Gasteiger partial charge in [0.15, 0.2) is 0 Å². The molecule has 1 amide bonds. The molecule has 0 radical (unpaired) electrons. The van der Waals surface area contributed by atoms with Gasteiger partial charge in [0, 0.05) is 18.1 Å². The average molecular weight is 382 g/mol. The second kappa shape index (κ2) is 7.18. The van der Waals surface area contributed by atoms with Gasteiger partial charge < -0.3 is 19.4 Å². The number of hydrogen-bond acceptors (Lipinski definition) is 6. The van der Waals surface area contributed by atoms with Crippen molar-refractivity contribution in [3.63, 3.8) is 0 Å². The lowest BCUT2D eigenvalue weighted by Gasteiger charge is -2.27. The molecule has 28 heavy (non-hydrogen) atoms. The van der Waals surface area contributed by atoms with E-state index in [9.17, 15) is 14.9 Å². The number of fused-ring (bicyclic) bond motifs is 2. The third-order valence-corrected chi connectivity index (χ3v) is 4.69. The van der Waals surface area contributed by atoms with Crippen LogP contribution in [0.3, 0.4) is 0 Å². The van der Waals surface area contributed by atoms with Crippen molar-refractivity contribution in [2.45, 2.75) is 19.0 Å². The molecule has 1 aromatic heterocycles. The van der Waals surface area contributed by atoms with E-state index in [0.29, 0.717) is 29.8 Å². The number of benzene rings is 2. The predicted octanol–water partition coefficient (Wildman–Crippen LogP) is 2.07. The number of rotatable bonds is 5. The number of imidazole rings is 1. The molecule has 144 valence electrons. The topological polar surface area (TPSA) is 109 Å². The van der Waals surface area contributed by atoms with Crippen LogP contribution in [0.15, 0.2) is 42.7 Å². The first-order valence-electron chi connectivity index (χ1n) is 8.73. The molecule has 1 aliphatic heterocycles. The second-order valence-electron chi connectivity index (χ2n) is 6.49. The predicted molar refractivity (Wildman–Crippen MR) is 101 cm³/mol. The minimum atomic E-state index is -0.476. The molecule has 0 bridgehead atoms. The van der Waals surface area contributed by atoms with E-state index in [1.165, 1.54) is 17.0 Å². The number of hydrogen-bond donors (Lipinski definition) is 1. The summed E-state index contributed by atoms with van der Waals surface area (Å²) in [4.78, 5) is 27.5. The minimum Gasteiger partial charge on any atom is -0.496 e. The van der Waals surface area contributed by atoms with Gasteiger partial charge in [-0.1, -0.05) is 12.1 Å². The highest BCUT2D eigenvalue weighted by Crippen LogP contribution is 2.32. The van der Waals surface area contributed by atoms with Crippen molar-refractivity contribution in [1.82, 2.24) is 14.9 Å². The second-order valence-corrected chi connectivity index (χ2v) is 6.49. The van der Waals surface area contributed by atoms with Crippen LogP contribution in [-0.4, -0.2) is 40.1 Å². The van der Waals surface area contributed by atoms with E-state index in [4.69, 9.17) is 9.47 Å². The van der Waals surface area contributed by atoms with Crippen molar-refractivity contribution in [1.29, 1.82) is 0 Å². The molecule has 2 heterocycles. The summed E-state index contributed by atoms with van der Waals surface area (Å²) in [6.07, 6.45) is 2.02. The number of nitrogens with zero attached hydrogens (tertiary/aromatic N) is 3. The maximum atomic E-state index is 12.6. The summed E-state index contributed by atoms with van der Waals surface area (Å²) in [7, 11) is 1.59. The number of non-ortho nitro benzene ring substituents is 1. The summed E-state index contributed by atoms with van der Waals surface area (Å²) < 4.78 is 12.6. The van der Waals surface area contributed by atoms with Crippen LogP contribution in [0.25, 0.3) is 11.0 Å². The zero-order valence-electron chi connectivity index (χ0n) is 15.1. The van der Waals surface area contributed by atoms with Crippen molar-refractivity contribution in [2.75, 3.05) is 13.7 Å². The fraction of sp³-hybridized carbons (Fsp3) is 0.263. The standard InChI is InChI=1S/C19H18N4O5/c1-27-16-6-3-7-17-13(16)8-12(10-28-17)21-18(24)9-22-11-20-14-4-2-5-15(19(14)22)23(25)26/h2-7,11-12H,8-10H2,1H3,(H,21,24)/t12-/m1/s1. The van der Waals surface area contributed by atoms with E-state index in [2.05, 4.69) is 10.3 Å². The molecule has 0 saturated heterocycles. The Morgan fingerprint density at radius 3 is 3.00 bits per heavy atom. The Kier molecular flexibility index (Phi) is 4.56. The number of methoxy groups -OCH3 is 1. The van der Waals surface area contributed by atoms with Gasteiger partial charge in [-0.3, -0.25) is 14.9 Å². The van der Waals surface area contributed by atoms with Crippen LogP contribution in [0.5, 0.6) is 11.5 Å². The zero-order chi connectivity index (χ0) is 19.7. The van der Waals surface area contributed by atoms with Gasteiger partial charge in [0.25, 0.3) is 5.69 Å². The Hall–Kier alpha value is -3.62. The molecular formula is C19H18N4O5. The first kappa shape index (κ1) is 17.8. The van der Waals surface area contributed by atoms with E-state index in [1.54, 1.807) is 19.2 Å². The third kappa shape index (κ3) is 3.22. The third-order valence-electron chi connectivity index (χ3n) is 4.69. The first-order chi connectivity index (χ1) is 13.6. The van der Waals surface area contributed by atoms with Crippen LogP contribution in [-0.2, 0) is 17.8 Å². The summed E-state index contributed by atoms with van der Waals surface area (Å²) in [6, 6.07) is 10.00. The molecular weight excluding hydrogens is 364 g/mol. The first-order valence-corrected chi connectivity index (χ1v) is 8.73. The van der Waals surface area contributed by atoms with Crippen molar-refractivity contribution in [3.8, 4) is 11.5 Å². The van der Waals surface area contributed by atoms with Crippen LogP contribution in [0.4, 0.5) is 5.69 Å². The Labute approximate surface area is 160 Å². The Balaban J connectivity index is 1.50. The number of ether oxygens (including phenoxy) is 2. The highest BCUT2D eigenvalue weighted by molar-refractivity contribution is 5.87. The van der Waals surface area contributed by atoms with Gasteiger partial charge in [0.2, 0.25) is 5.91 Å². The van der Waals surface area contributed by atoms with Crippen molar-refractivity contribution in [3.05, 3.63) is 58.4 Å². The molecule has 1 N–H and O–H groups in total. The Morgan fingerprint density at radius 2 is 2.21 bits per heavy atom. The lowest BCUT2D eigenvalue weighted by Crippen LogP contribution is -2.44. The molecule has 0 fully saturated rings. The Morgan fingerprint density at radius 1 is 1.39 bits per heavy atom. The zero-order valence-corrected chi connectivity index (χ0v) is 15.1. The van der Waals surface area contributed by atoms with Gasteiger partial charge in [-0.15, -0.1) is 0 Å². The molecule has 0 spiro atoms. The SMILES string of the molecule is COc1cccc2c1C[C@@H](NC(=O)Cn1cnc3cccc([N+](=O)[O-])c31)CO2. The molecule has 1 aliphatic rings. The number of nitrogens with one attached hydrogen (secondary N) is 1. The van der Waals surface area contributed by atoms with Crippen LogP contribution < -0.4 is 14.8 Å². The molecule has 2 aromatic carbocycles. The van der Waals surface area contributed by atoms with Crippen LogP contribution in [0, 0.1) is 10.1 Å². The number of para-hydroxylation sites is 1. The molecule has 0 unspecified atom stereocenters. The summed E-state index contributed by atoms with van der Waals surface area (Å²) >= 11 is 0. The van der Waals surface area contributed by atoms with Gasteiger partial charge in [0.1, 0.15) is 30.2 Å². The maximum absolute atomic E-state index is 12.6. The lowest BCUT2D eigenvalue weighted by atomic mass is 10.0. The number of nitro groups is 1. The van der Waals surface area contributed by atoms with Gasteiger partial charge in [-0.2, -0.15) is 0 Å². The van der Waals surface area contributed by atoms with E-state index in [1.807, 2.05) is 18.2 Å². The van der Waals surface area contributed by atoms with Crippen molar-refractivity contribution in [2.24, 2.45) is 0 Å². The van der Waals surface area contributed by atoms with Crippen molar-refractivity contribution < 1.29 is 19.2 Å². The fourth-order valence-electron chi connectivity index (χ4n) is 3.46. The highest BCUT2D eigenvalue weighted by Gasteiger charge is 2.25. The van der Waals surface area contributed by atoms with E-state index >= 15 is 0 Å².